The third-order valence-corrected chi connectivity index (χ3v) is 5.84. The molecule has 0 bridgehead atoms. The normalized spacial score (nSPS) is 13.0. The van der Waals surface area contributed by atoms with Crippen LogP contribution in [0, 0.1) is 5.92 Å². The Kier molecular flexibility index (Phi) is 5.17. The quantitative estimate of drug-likeness (QED) is 0.485. The zero-order chi connectivity index (χ0) is 17.0. The minimum Gasteiger partial charge on any atom is -0.121 e. The van der Waals surface area contributed by atoms with E-state index in [4.69, 9.17) is 0 Å². The lowest BCUT2D eigenvalue weighted by Gasteiger charge is -2.41. The molecule has 3 rings (SSSR count). The van der Waals surface area contributed by atoms with Crippen molar-refractivity contribution in [3.05, 3.63) is 108 Å². The molecule has 0 aromatic heterocycles. The molecule has 0 heterocycles. The van der Waals surface area contributed by atoms with Crippen LogP contribution in [0.4, 0.5) is 0 Å². The van der Waals surface area contributed by atoms with Gasteiger partial charge in [0.05, 0.1) is 0 Å². The predicted molar refractivity (Wildman–Crippen MR) is 107 cm³/mol. The minimum absolute atomic E-state index is 0.155. The SMILES string of the molecule is CC(C)C(c1ccccc1)C(P)(c1ccccc1)c1ccccc1. The molecule has 0 fully saturated rings. The third-order valence-electron chi connectivity index (χ3n) is 4.82. The van der Waals surface area contributed by atoms with Crippen LogP contribution in [-0.2, 0) is 5.16 Å². The van der Waals surface area contributed by atoms with Gasteiger partial charge in [0.25, 0.3) is 0 Å². The van der Waals surface area contributed by atoms with Crippen molar-refractivity contribution < 1.29 is 0 Å². The van der Waals surface area contributed by atoms with Gasteiger partial charge < -0.3 is 0 Å². The fraction of sp³-hybridized carbons (Fsp3) is 0.217. The second kappa shape index (κ2) is 7.32. The van der Waals surface area contributed by atoms with Gasteiger partial charge in [-0.1, -0.05) is 105 Å². The molecule has 3 aromatic rings. The molecule has 0 aliphatic heterocycles. The van der Waals surface area contributed by atoms with E-state index in [1.807, 2.05) is 0 Å². The van der Waals surface area contributed by atoms with Gasteiger partial charge >= 0.3 is 0 Å². The summed E-state index contributed by atoms with van der Waals surface area (Å²) in [5, 5.41) is -0.155. The molecule has 1 heteroatoms. The lowest BCUT2D eigenvalue weighted by Crippen LogP contribution is -2.32. The topological polar surface area (TPSA) is 0 Å². The molecule has 0 saturated carbocycles. The van der Waals surface area contributed by atoms with E-state index in [1.165, 1.54) is 16.7 Å². The van der Waals surface area contributed by atoms with Crippen molar-refractivity contribution in [2.24, 2.45) is 5.92 Å². The molecule has 0 N–H and O–H groups in total. The smallest absolute Gasteiger partial charge is 0.0414 e. The van der Waals surface area contributed by atoms with Gasteiger partial charge in [-0.25, -0.2) is 0 Å². The van der Waals surface area contributed by atoms with Gasteiger partial charge in [0.15, 0.2) is 0 Å². The Balaban J connectivity index is 2.24. The second-order valence-corrected chi connectivity index (χ2v) is 7.64. The molecule has 0 amide bonds. The van der Waals surface area contributed by atoms with Crippen LogP contribution in [0.3, 0.4) is 0 Å². The van der Waals surface area contributed by atoms with Crippen LogP contribution in [0.15, 0.2) is 91.0 Å². The van der Waals surface area contributed by atoms with Gasteiger partial charge in [0.2, 0.25) is 0 Å². The standard InChI is InChI=1S/C23H25P/c1-18(2)22(19-12-6-3-7-13-19)23(24,20-14-8-4-9-15-20)21-16-10-5-11-17-21/h3-18,22H,24H2,1-2H3. The Morgan fingerprint density at radius 3 is 1.38 bits per heavy atom. The van der Waals surface area contributed by atoms with Gasteiger partial charge in [-0.05, 0) is 22.6 Å². The molecule has 122 valence electrons. The first-order chi connectivity index (χ1) is 11.6. The highest BCUT2D eigenvalue weighted by molar-refractivity contribution is 7.19. The van der Waals surface area contributed by atoms with E-state index in [-0.39, 0.29) is 5.16 Å². The molecule has 0 nitrogen and oxygen atoms in total. The largest absolute Gasteiger partial charge is 0.121 e. The zero-order valence-electron chi connectivity index (χ0n) is 14.4. The van der Waals surface area contributed by atoms with Crippen molar-refractivity contribution in [2.75, 3.05) is 0 Å². The summed E-state index contributed by atoms with van der Waals surface area (Å²) >= 11 is 0. The van der Waals surface area contributed by atoms with Crippen molar-refractivity contribution in [3.8, 4) is 0 Å². The number of rotatable bonds is 5. The Bertz CT molecular complexity index is 708. The van der Waals surface area contributed by atoms with Crippen LogP contribution in [0.25, 0.3) is 0 Å². The van der Waals surface area contributed by atoms with E-state index in [9.17, 15) is 0 Å². The van der Waals surface area contributed by atoms with Crippen LogP contribution >= 0.6 is 9.24 Å². The Morgan fingerprint density at radius 1 is 0.625 bits per heavy atom. The predicted octanol–water partition coefficient (Wildman–Crippen LogP) is 6.25. The van der Waals surface area contributed by atoms with E-state index >= 15 is 0 Å². The average molecular weight is 332 g/mol. The molecule has 0 radical (unpaired) electrons. The fourth-order valence-corrected chi connectivity index (χ4v) is 4.75. The van der Waals surface area contributed by atoms with Gasteiger partial charge in [0.1, 0.15) is 0 Å². The number of benzene rings is 3. The van der Waals surface area contributed by atoms with Crippen molar-refractivity contribution in [1.82, 2.24) is 0 Å². The molecule has 24 heavy (non-hydrogen) atoms. The highest BCUT2D eigenvalue weighted by Crippen LogP contribution is 2.52. The first-order valence-corrected chi connectivity index (χ1v) is 9.16. The highest BCUT2D eigenvalue weighted by atomic mass is 31.0. The molecular formula is C23H25P. The summed E-state index contributed by atoms with van der Waals surface area (Å²) in [4.78, 5) is 0. The third kappa shape index (κ3) is 3.17. The lowest BCUT2D eigenvalue weighted by molar-refractivity contribution is 0.425. The van der Waals surface area contributed by atoms with E-state index in [2.05, 4.69) is 114 Å². The second-order valence-electron chi connectivity index (χ2n) is 6.73. The number of hydrogen-bond acceptors (Lipinski definition) is 0. The van der Waals surface area contributed by atoms with Gasteiger partial charge in [-0.2, -0.15) is 0 Å². The van der Waals surface area contributed by atoms with Crippen LogP contribution in [-0.4, -0.2) is 0 Å². The number of hydrogen-bond donors (Lipinski definition) is 0. The maximum Gasteiger partial charge on any atom is 0.0414 e. The summed E-state index contributed by atoms with van der Waals surface area (Å²) in [6, 6.07) is 32.6. The average Bonchev–Trinajstić information content (AvgIpc) is 2.64. The van der Waals surface area contributed by atoms with E-state index < -0.39 is 0 Å². The van der Waals surface area contributed by atoms with Gasteiger partial charge in [0, 0.05) is 11.1 Å². The van der Waals surface area contributed by atoms with E-state index in [0.29, 0.717) is 11.8 Å². The summed E-state index contributed by atoms with van der Waals surface area (Å²) in [6.45, 7) is 4.64. The van der Waals surface area contributed by atoms with Crippen molar-refractivity contribution in [3.63, 3.8) is 0 Å². The minimum atomic E-state index is -0.155. The van der Waals surface area contributed by atoms with Crippen LogP contribution in [0.1, 0.15) is 36.5 Å². The maximum atomic E-state index is 3.20. The Labute approximate surface area is 148 Å². The van der Waals surface area contributed by atoms with Crippen molar-refractivity contribution in [1.29, 1.82) is 0 Å². The molecule has 0 spiro atoms. The first kappa shape index (κ1) is 16.9. The Hall–Kier alpha value is -1.91. The van der Waals surface area contributed by atoms with Gasteiger partial charge in [-0.3, -0.25) is 0 Å². The fourth-order valence-electron chi connectivity index (χ4n) is 3.79. The molecular weight excluding hydrogens is 307 g/mol. The maximum absolute atomic E-state index is 3.20. The molecule has 2 unspecified atom stereocenters. The van der Waals surface area contributed by atoms with E-state index in [0.717, 1.165) is 0 Å². The van der Waals surface area contributed by atoms with Crippen molar-refractivity contribution in [2.45, 2.75) is 24.9 Å². The molecule has 0 saturated heterocycles. The van der Waals surface area contributed by atoms with Crippen molar-refractivity contribution >= 4 is 9.24 Å². The first-order valence-electron chi connectivity index (χ1n) is 8.59. The van der Waals surface area contributed by atoms with Crippen LogP contribution in [0.2, 0.25) is 0 Å². The van der Waals surface area contributed by atoms with Gasteiger partial charge in [-0.15, -0.1) is 9.24 Å². The molecule has 3 aromatic carbocycles. The summed E-state index contributed by atoms with van der Waals surface area (Å²) in [5.41, 5.74) is 4.06. The van der Waals surface area contributed by atoms with Crippen LogP contribution in [0.5, 0.6) is 0 Å². The molecule has 2 atom stereocenters. The molecule has 0 aliphatic carbocycles. The van der Waals surface area contributed by atoms with E-state index in [1.54, 1.807) is 0 Å². The zero-order valence-corrected chi connectivity index (χ0v) is 15.5. The summed E-state index contributed by atoms with van der Waals surface area (Å²) < 4.78 is 0. The summed E-state index contributed by atoms with van der Waals surface area (Å²) in [7, 11) is 3.20. The Morgan fingerprint density at radius 2 is 1.00 bits per heavy atom. The monoisotopic (exact) mass is 332 g/mol. The summed E-state index contributed by atoms with van der Waals surface area (Å²) in [5.74, 6) is 0.874. The summed E-state index contributed by atoms with van der Waals surface area (Å²) in [6.07, 6.45) is 0. The highest BCUT2D eigenvalue weighted by Gasteiger charge is 2.40. The lowest BCUT2D eigenvalue weighted by atomic mass is 9.71. The van der Waals surface area contributed by atoms with Crippen LogP contribution < -0.4 is 0 Å². The molecule has 0 aliphatic rings.